The van der Waals surface area contributed by atoms with E-state index in [1.165, 1.54) is 5.56 Å². The third-order valence-electron chi connectivity index (χ3n) is 12.2. The van der Waals surface area contributed by atoms with E-state index in [0.717, 1.165) is 92.3 Å². The zero-order chi connectivity index (χ0) is 41.6. The van der Waals surface area contributed by atoms with Gasteiger partial charge >= 0.3 is 6.03 Å². The van der Waals surface area contributed by atoms with Crippen molar-refractivity contribution in [2.45, 2.75) is 90.1 Å². The molecule has 4 fully saturated rings. The van der Waals surface area contributed by atoms with E-state index in [-0.39, 0.29) is 30.1 Å². The highest BCUT2D eigenvalue weighted by Gasteiger charge is 2.32. The first kappa shape index (κ1) is 41.1. The van der Waals surface area contributed by atoms with Crippen LogP contribution < -0.4 is 25.6 Å². The summed E-state index contributed by atoms with van der Waals surface area (Å²) < 4.78 is 11.6. The Kier molecular flexibility index (Phi) is 12.9. The van der Waals surface area contributed by atoms with Crippen molar-refractivity contribution in [3.63, 3.8) is 0 Å². The quantitative estimate of drug-likeness (QED) is 0.133. The molecule has 3 N–H and O–H groups in total. The number of imide groups is 1. The molecule has 14 heteroatoms. The number of urea groups is 1. The molecule has 4 amide bonds. The number of nitrogens with zero attached hydrogens (tertiary/aromatic N) is 6. The van der Waals surface area contributed by atoms with Crippen molar-refractivity contribution in [2.75, 3.05) is 56.0 Å². The minimum absolute atomic E-state index is 0.0656. The first-order valence-corrected chi connectivity index (χ1v) is 21.5. The summed E-state index contributed by atoms with van der Waals surface area (Å²) in [7, 11) is 0. The molecule has 0 saturated carbocycles. The van der Waals surface area contributed by atoms with Crippen molar-refractivity contribution in [3.05, 3.63) is 89.7 Å². The van der Waals surface area contributed by atoms with Crippen molar-refractivity contribution in [2.24, 2.45) is 5.92 Å². The minimum Gasteiger partial charge on any atom is -0.481 e. The second kappa shape index (κ2) is 18.8. The fourth-order valence-corrected chi connectivity index (χ4v) is 8.69. The zero-order valence-corrected chi connectivity index (χ0v) is 34.9. The van der Waals surface area contributed by atoms with Gasteiger partial charge in [-0.3, -0.25) is 14.9 Å². The van der Waals surface area contributed by atoms with Crippen molar-refractivity contribution in [1.29, 1.82) is 0 Å². The molecule has 60 heavy (non-hydrogen) atoms. The van der Waals surface area contributed by atoms with Gasteiger partial charge in [0.15, 0.2) is 6.10 Å². The molecule has 8 rings (SSSR count). The molecule has 4 saturated heterocycles. The van der Waals surface area contributed by atoms with Crippen LogP contribution in [0.25, 0.3) is 11.3 Å². The highest BCUT2D eigenvalue weighted by atomic mass is 16.5. The summed E-state index contributed by atoms with van der Waals surface area (Å²) in [5.74, 6) is 2.78. The largest absolute Gasteiger partial charge is 0.481 e. The lowest BCUT2D eigenvalue weighted by molar-refractivity contribution is -0.138. The molecule has 0 aliphatic carbocycles. The van der Waals surface area contributed by atoms with Crippen LogP contribution in [0, 0.1) is 12.8 Å². The molecule has 2 aromatic heterocycles. The fraction of sp³-hybridized carbons (Fsp3) is 0.478. The van der Waals surface area contributed by atoms with E-state index in [1.54, 1.807) is 11.1 Å². The molecule has 1 atom stereocenters. The van der Waals surface area contributed by atoms with Crippen LogP contribution in [-0.2, 0) is 20.9 Å². The number of amides is 4. The normalized spacial score (nSPS) is 19.6. The van der Waals surface area contributed by atoms with E-state index in [2.05, 4.69) is 61.9 Å². The van der Waals surface area contributed by atoms with Crippen molar-refractivity contribution in [3.8, 4) is 17.0 Å². The highest BCUT2D eigenvalue weighted by Crippen LogP contribution is 2.32. The SMILES string of the molecule is Cc1cc(-c2ccnc(Nc3ccc(N4CCC(CN5CCC(c6ccc(OC7CCC(=O)NC7=O)cc6)CC5)CC4)nc3)n2)ccc1CNC(=O)N1CC(OC(C)C)C1. The second-order valence-electron chi connectivity index (χ2n) is 16.9. The number of pyridine rings is 1. The Morgan fingerprint density at radius 1 is 0.917 bits per heavy atom. The minimum atomic E-state index is -0.611. The van der Waals surface area contributed by atoms with E-state index in [9.17, 15) is 14.4 Å². The predicted molar refractivity (Wildman–Crippen MR) is 230 cm³/mol. The Morgan fingerprint density at radius 3 is 2.40 bits per heavy atom. The van der Waals surface area contributed by atoms with Gasteiger partial charge in [-0.15, -0.1) is 0 Å². The number of likely N-dealkylation sites (tertiary alicyclic amines) is 2. The number of carbonyl (C=O) groups is 3. The van der Waals surface area contributed by atoms with Gasteiger partial charge in [0.25, 0.3) is 5.91 Å². The van der Waals surface area contributed by atoms with Gasteiger partial charge in [-0.1, -0.05) is 24.3 Å². The Hall–Kier alpha value is -5.60. The molecule has 4 aromatic rings. The number of benzene rings is 2. The summed E-state index contributed by atoms with van der Waals surface area (Å²) in [6.45, 7) is 13.1. The van der Waals surface area contributed by atoms with Gasteiger partial charge < -0.3 is 34.8 Å². The Balaban J connectivity index is 0.751. The summed E-state index contributed by atoms with van der Waals surface area (Å²) in [6.07, 6.45) is 8.59. The van der Waals surface area contributed by atoms with Crippen LogP contribution in [0.1, 0.15) is 75.0 Å². The van der Waals surface area contributed by atoms with Crippen LogP contribution in [-0.4, -0.2) is 107 Å². The molecule has 316 valence electrons. The molecule has 0 bridgehead atoms. The van der Waals surface area contributed by atoms with E-state index >= 15 is 0 Å². The lowest BCUT2D eigenvalue weighted by Crippen LogP contribution is -2.58. The van der Waals surface area contributed by atoms with Crippen LogP contribution in [0.5, 0.6) is 5.75 Å². The van der Waals surface area contributed by atoms with Crippen LogP contribution in [0.4, 0.5) is 22.2 Å². The molecule has 1 unspecified atom stereocenters. The maximum Gasteiger partial charge on any atom is 0.317 e. The first-order valence-electron chi connectivity index (χ1n) is 21.5. The Labute approximate surface area is 352 Å². The van der Waals surface area contributed by atoms with Crippen LogP contribution in [0.2, 0.25) is 0 Å². The summed E-state index contributed by atoms with van der Waals surface area (Å²) in [5, 5.41) is 8.72. The van der Waals surface area contributed by atoms with E-state index < -0.39 is 6.10 Å². The summed E-state index contributed by atoms with van der Waals surface area (Å²) in [6, 6.07) is 20.3. The number of aromatic nitrogens is 3. The third-order valence-corrected chi connectivity index (χ3v) is 12.2. The van der Waals surface area contributed by atoms with Crippen molar-refractivity contribution < 1.29 is 23.9 Å². The number of hydrogen-bond acceptors (Lipinski definition) is 11. The molecule has 4 aliphatic rings. The average molecular weight is 816 g/mol. The standard InChI is InChI=1S/C46H57N9O5/c1-30(2)59-39-28-55(29-39)46(58)49-25-36-5-4-35(24-31(36)3)40-14-19-47-45(51-40)50-37-8-12-42(48-26-37)54-22-15-32(16-23-54)27-53-20-17-34(18-21-53)33-6-9-38(10-7-33)60-41-11-13-43(56)52-44(41)57/h4-10,12,14,19,24,26,30,32,34,39,41H,11,13,15-18,20-23,25,27-29H2,1-3H3,(H,49,58)(H,47,50,51)(H,52,56,57). The monoisotopic (exact) mass is 815 g/mol. The maximum atomic E-state index is 12.6. The van der Waals surface area contributed by atoms with Gasteiger partial charge in [0.05, 0.1) is 42.9 Å². The lowest BCUT2D eigenvalue weighted by Gasteiger charge is -2.39. The molecule has 2 aromatic carbocycles. The topological polar surface area (TPSA) is 154 Å². The third kappa shape index (κ3) is 10.4. The molecule has 4 aliphatic heterocycles. The molecular weight excluding hydrogens is 759 g/mol. The lowest BCUT2D eigenvalue weighted by atomic mass is 9.88. The zero-order valence-electron chi connectivity index (χ0n) is 34.9. The van der Waals surface area contributed by atoms with Crippen LogP contribution in [0.15, 0.2) is 73.1 Å². The maximum absolute atomic E-state index is 12.6. The number of anilines is 3. The number of aryl methyl sites for hydroxylation is 1. The Morgan fingerprint density at radius 2 is 1.70 bits per heavy atom. The van der Waals surface area contributed by atoms with Crippen LogP contribution in [0.3, 0.4) is 0 Å². The van der Waals surface area contributed by atoms with Crippen LogP contribution >= 0.6 is 0 Å². The van der Waals surface area contributed by atoms with Gasteiger partial charge in [-0.2, -0.15) is 0 Å². The van der Waals surface area contributed by atoms with Gasteiger partial charge in [0.2, 0.25) is 11.9 Å². The molecule has 6 heterocycles. The number of rotatable bonds is 13. The number of ether oxygens (including phenoxy) is 2. The fourth-order valence-electron chi connectivity index (χ4n) is 8.69. The number of hydrogen-bond donors (Lipinski definition) is 3. The van der Waals surface area contributed by atoms with Crippen molar-refractivity contribution in [1.82, 2.24) is 35.4 Å². The summed E-state index contributed by atoms with van der Waals surface area (Å²) in [5.41, 5.74) is 6.08. The van der Waals surface area contributed by atoms with Gasteiger partial charge in [-0.05, 0) is 124 Å². The highest BCUT2D eigenvalue weighted by molar-refractivity contribution is 5.99. The van der Waals surface area contributed by atoms with E-state index in [4.69, 9.17) is 19.4 Å². The van der Waals surface area contributed by atoms with E-state index in [0.29, 0.717) is 56.0 Å². The second-order valence-corrected chi connectivity index (χ2v) is 16.9. The number of carbonyl (C=O) groups excluding carboxylic acids is 3. The van der Waals surface area contributed by atoms with Gasteiger partial charge in [0, 0.05) is 50.8 Å². The summed E-state index contributed by atoms with van der Waals surface area (Å²) >= 11 is 0. The molecule has 14 nitrogen and oxygen atoms in total. The predicted octanol–water partition coefficient (Wildman–Crippen LogP) is 6.19. The number of nitrogens with one attached hydrogen (secondary N) is 3. The molecule has 0 spiro atoms. The smallest absolute Gasteiger partial charge is 0.317 e. The molecule has 0 radical (unpaired) electrons. The Bertz CT molecular complexity index is 2110. The van der Waals surface area contributed by atoms with Crippen molar-refractivity contribution >= 4 is 35.3 Å². The molecular formula is C46H57N9O5. The first-order chi connectivity index (χ1) is 29.1. The summed E-state index contributed by atoms with van der Waals surface area (Å²) in [4.78, 5) is 56.9. The average Bonchev–Trinajstić information content (AvgIpc) is 3.24. The van der Waals surface area contributed by atoms with Gasteiger partial charge in [-0.25, -0.2) is 19.7 Å². The van der Waals surface area contributed by atoms with Gasteiger partial charge in [0.1, 0.15) is 11.6 Å². The number of piperidine rings is 3. The van der Waals surface area contributed by atoms with E-state index in [1.807, 2.05) is 56.4 Å².